The number of hydrogen-bond acceptors (Lipinski definition) is 2. The van der Waals surface area contributed by atoms with Gasteiger partial charge < -0.3 is 10.6 Å². The Morgan fingerprint density at radius 2 is 1.95 bits per heavy atom. The average Bonchev–Trinajstić information content (AvgIpc) is 2.46. The summed E-state index contributed by atoms with van der Waals surface area (Å²) in [7, 11) is 0. The Morgan fingerprint density at radius 1 is 1.33 bits per heavy atom. The molecule has 2 rings (SSSR count). The molecule has 1 aliphatic rings. The van der Waals surface area contributed by atoms with Gasteiger partial charge in [-0.3, -0.25) is 4.79 Å². The van der Waals surface area contributed by atoms with Crippen LogP contribution in [-0.4, -0.2) is 29.9 Å². The van der Waals surface area contributed by atoms with Gasteiger partial charge in [-0.2, -0.15) is 0 Å². The van der Waals surface area contributed by atoms with Gasteiger partial charge >= 0.3 is 0 Å². The smallest absolute Gasteiger partial charge is 0.266 e. The van der Waals surface area contributed by atoms with Crippen molar-refractivity contribution in [3.05, 3.63) is 35.1 Å². The van der Waals surface area contributed by atoms with Crippen molar-refractivity contribution >= 4 is 5.91 Å². The lowest BCUT2D eigenvalue weighted by Gasteiger charge is -2.33. The molecule has 1 atom stereocenters. The van der Waals surface area contributed by atoms with Crippen molar-refractivity contribution in [3.63, 3.8) is 0 Å². The van der Waals surface area contributed by atoms with Gasteiger partial charge in [-0.25, -0.2) is 13.2 Å². The van der Waals surface area contributed by atoms with Crippen LogP contribution in [0.1, 0.15) is 42.1 Å². The first-order valence-corrected chi connectivity index (χ1v) is 7.02. The number of benzene rings is 1. The maximum Gasteiger partial charge on any atom is 0.266 e. The highest BCUT2D eigenvalue weighted by molar-refractivity contribution is 5.94. The first-order valence-electron chi connectivity index (χ1n) is 7.02. The molecule has 0 radical (unpaired) electrons. The number of halogens is 3. The van der Waals surface area contributed by atoms with Crippen molar-refractivity contribution in [1.29, 1.82) is 0 Å². The van der Waals surface area contributed by atoms with Crippen molar-refractivity contribution in [1.82, 2.24) is 4.90 Å². The molecule has 6 heteroatoms. The summed E-state index contributed by atoms with van der Waals surface area (Å²) < 4.78 is 38.5. The molecule has 1 aromatic rings. The minimum Gasteiger partial charge on any atom is -0.339 e. The number of hydrogen-bond donors (Lipinski definition) is 1. The van der Waals surface area contributed by atoms with Crippen LogP contribution in [0, 0.1) is 11.7 Å². The molecule has 21 heavy (non-hydrogen) atoms. The summed E-state index contributed by atoms with van der Waals surface area (Å²) in [5.74, 6) is -0.980. The van der Waals surface area contributed by atoms with Crippen LogP contribution in [0.5, 0.6) is 0 Å². The fourth-order valence-electron chi connectivity index (χ4n) is 2.65. The number of rotatable bonds is 3. The normalized spacial score (nSPS) is 18.1. The summed E-state index contributed by atoms with van der Waals surface area (Å²) in [6.07, 6.45) is -1.27. The summed E-state index contributed by atoms with van der Waals surface area (Å²) in [4.78, 5) is 13.9. The molecular weight excluding hydrogens is 281 g/mol. The van der Waals surface area contributed by atoms with Gasteiger partial charge in [0.2, 0.25) is 0 Å². The molecule has 0 spiro atoms. The van der Waals surface area contributed by atoms with E-state index < -0.39 is 17.8 Å². The summed E-state index contributed by atoms with van der Waals surface area (Å²) in [6, 6.07) is 3.21. The van der Waals surface area contributed by atoms with E-state index in [1.807, 2.05) is 6.92 Å². The second kappa shape index (κ2) is 6.47. The van der Waals surface area contributed by atoms with Crippen LogP contribution in [-0.2, 0) is 0 Å². The van der Waals surface area contributed by atoms with Gasteiger partial charge in [0, 0.05) is 24.7 Å². The average molecular weight is 300 g/mol. The van der Waals surface area contributed by atoms with Crippen LogP contribution in [0.4, 0.5) is 13.2 Å². The summed E-state index contributed by atoms with van der Waals surface area (Å²) in [5, 5.41) is 0. The molecule has 0 saturated carbocycles. The molecule has 1 saturated heterocycles. The standard InChI is InChI=1S/C15H19F3N2O/c1-9(19)10-4-6-20(7-5-10)15(21)11-2-3-12(14(17)18)13(16)8-11/h2-3,8-10,14H,4-7,19H2,1H3. The fraction of sp³-hybridized carbons (Fsp3) is 0.533. The first kappa shape index (κ1) is 15.8. The molecule has 1 unspecified atom stereocenters. The predicted octanol–water partition coefficient (Wildman–Crippen LogP) is 2.96. The number of nitrogens with two attached hydrogens (primary N) is 1. The lowest BCUT2D eigenvalue weighted by atomic mass is 9.90. The monoisotopic (exact) mass is 300 g/mol. The third-order valence-electron chi connectivity index (χ3n) is 4.05. The molecule has 3 nitrogen and oxygen atoms in total. The van der Waals surface area contributed by atoms with Crippen molar-refractivity contribution in [3.8, 4) is 0 Å². The lowest BCUT2D eigenvalue weighted by molar-refractivity contribution is 0.0680. The number of likely N-dealkylation sites (tertiary alicyclic amines) is 1. The highest BCUT2D eigenvalue weighted by atomic mass is 19.3. The van der Waals surface area contributed by atoms with Crippen LogP contribution < -0.4 is 5.73 Å². The Hall–Kier alpha value is -1.56. The summed E-state index contributed by atoms with van der Waals surface area (Å²) >= 11 is 0. The van der Waals surface area contributed by atoms with E-state index in [9.17, 15) is 18.0 Å². The second-order valence-corrected chi connectivity index (χ2v) is 5.53. The Labute approximate surface area is 121 Å². The molecule has 1 aromatic carbocycles. The van der Waals surface area contributed by atoms with Crippen molar-refractivity contribution < 1.29 is 18.0 Å². The summed E-state index contributed by atoms with van der Waals surface area (Å²) in [6.45, 7) is 3.06. The molecular formula is C15H19F3N2O. The number of carbonyl (C=O) groups excluding carboxylic acids is 1. The summed E-state index contributed by atoms with van der Waals surface area (Å²) in [5.41, 5.74) is 5.27. The Morgan fingerprint density at radius 3 is 2.43 bits per heavy atom. The van der Waals surface area contributed by atoms with Crippen molar-refractivity contribution in [2.75, 3.05) is 13.1 Å². The van der Waals surface area contributed by atoms with Gasteiger partial charge in [0.05, 0.1) is 5.56 Å². The van der Waals surface area contributed by atoms with Crippen LogP contribution in [0.2, 0.25) is 0 Å². The molecule has 116 valence electrons. The number of amides is 1. The van der Waals surface area contributed by atoms with E-state index in [0.717, 1.165) is 25.0 Å². The zero-order valence-corrected chi connectivity index (χ0v) is 11.9. The topological polar surface area (TPSA) is 46.3 Å². The maximum absolute atomic E-state index is 13.5. The lowest BCUT2D eigenvalue weighted by Crippen LogP contribution is -2.42. The first-order chi connectivity index (χ1) is 9.90. The maximum atomic E-state index is 13.5. The van der Waals surface area contributed by atoms with Crippen molar-refractivity contribution in [2.24, 2.45) is 11.7 Å². The predicted molar refractivity (Wildman–Crippen MR) is 73.6 cm³/mol. The third kappa shape index (κ3) is 3.56. The van der Waals surface area contributed by atoms with Gasteiger partial charge in [0.25, 0.3) is 12.3 Å². The molecule has 0 bridgehead atoms. The minimum absolute atomic E-state index is 0.0880. The van der Waals surface area contributed by atoms with Crippen LogP contribution in [0.15, 0.2) is 18.2 Å². The van der Waals surface area contributed by atoms with Gasteiger partial charge in [0.1, 0.15) is 5.82 Å². The van der Waals surface area contributed by atoms with E-state index in [2.05, 4.69) is 0 Å². The van der Waals surface area contributed by atoms with E-state index >= 15 is 0 Å². The van der Waals surface area contributed by atoms with Crippen molar-refractivity contribution in [2.45, 2.75) is 32.2 Å². The van der Waals surface area contributed by atoms with Crippen LogP contribution >= 0.6 is 0 Å². The van der Waals surface area contributed by atoms with Gasteiger partial charge in [-0.1, -0.05) is 0 Å². The molecule has 0 aliphatic carbocycles. The molecule has 1 heterocycles. The van der Waals surface area contributed by atoms with E-state index in [1.54, 1.807) is 4.90 Å². The third-order valence-corrected chi connectivity index (χ3v) is 4.05. The van der Waals surface area contributed by atoms with Gasteiger partial charge in [-0.05, 0) is 43.9 Å². The highest BCUT2D eigenvalue weighted by Crippen LogP contribution is 2.25. The Bertz CT molecular complexity index is 512. The highest BCUT2D eigenvalue weighted by Gasteiger charge is 2.26. The Kier molecular flexibility index (Phi) is 4.88. The SMILES string of the molecule is CC(N)C1CCN(C(=O)c2ccc(C(F)F)c(F)c2)CC1. The van der Waals surface area contributed by atoms with Gasteiger partial charge in [-0.15, -0.1) is 0 Å². The molecule has 1 fully saturated rings. The zero-order valence-electron chi connectivity index (χ0n) is 11.9. The van der Waals surface area contributed by atoms with E-state index in [-0.39, 0.29) is 17.5 Å². The second-order valence-electron chi connectivity index (χ2n) is 5.53. The zero-order chi connectivity index (χ0) is 15.6. The number of carbonyl (C=O) groups is 1. The number of piperidine rings is 1. The van der Waals surface area contributed by atoms with Crippen LogP contribution in [0.25, 0.3) is 0 Å². The molecule has 0 aromatic heterocycles. The Balaban J connectivity index is 2.06. The largest absolute Gasteiger partial charge is 0.339 e. The fourth-order valence-corrected chi connectivity index (χ4v) is 2.65. The molecule has 2 N–H and O–H groups in total. The minimum atomic E-state index is -2.88. The van der Waals surface area contributed by atoms with Crippen LogP contribution in [0.3, 0.4) is 0 Å². The number of alkyl halides is 2. The van der Waals surface area contributed by atoms with E-state index in [1.165, 1.54) is 6.07 Å². The van der Waals surface area contributed by atoms with Gasteiger partial charge in [0.15, 0.2) is 0 Å². The molecule has 1 amide bonds. The number of nitrogens with zero attached hydrogens (tertiary/aromatic N) is 1. The molecule has 1 aliphatic heterocycles. The van der Waals surface area contributed by atoms with E-state index in [4.69, 9.17) is 5.73 Å². The van der Waals surface area contributed by atoms with E-state index in [0.29, 0.717) is 19.0 Å². The quantitative estimate of drug-likeness (QED) is 0.933.